The number of anilines is 1. The molecule has 5 rings (SSSR count). The molecule has 0 saturated heterocycles. The molecule has 2 aromatic carbocycles. The predicted molar refractivity (Wildman–Crippen MR) is 117 cm³/mol. The van der Waals surface area contributed by atoms with Gasteiger partial charge in [0.15, 0.2) is 0 Å². The minimum Gasteiger partial charge on any atom is -0.365 e. The van der Waals surface area contributed by atoms with E-state index in [9.17, 15) is 0 Å². The Morgan fingerprint density at radius 2 is 1.86 bits per heavy atom. The molecule has 3 aromatic heterocycles. The molecule has 0 spiro atoms. The van der Waals surface area contributed by atoms with Crippen LogP contribution in [0.4, 0.5) is 5.82 Å². The largest absolute Gasteiger partial charge is 0.365 e. The van der Waals surface area contributed by atoms with Crippen LogP contribution < -0.4 is 5.32 Å². The summed E-state index contributed by atoms with van der Waals surface area (Å²) in [4.78, 5) is 10.8. The van der Waals surface area contributed by atoms with Gasteiger partial charge in [0.2, 0.25) is 5.82 Å². The second-order valence-corrected chi connectivity index (χ2v) is 7.79. The van der Waals surface area contributed by atoms with Crippen LogP contribution in [-0.2, 0) is 6.54 Å². The van der Waals surface area contributed by atoms with Crippen molar-refractivity contribution in [3.05, 3.63) is 82.6 Å². The Morgan fingerprint density at radius 3 is 2.69 bits per heavy atom. The number of nitrogens with one attached hydrogen (secondary N) is 1. The SMILES string of the molecule is Cc1cccc2cc(-c3noc(-c4ccccc4)n3)c(NCc3cccs3)nc12. The van der Waals surface area contributed by atoms with Gasteiger partial charge in [0.25, 0.3) is 5.89 Å². The van der Waals surface area contributed by atoms with Crippen molar-refractivity contribution in [2.75, 3.05) is 5.32 Å². The monoisotopic (exact) mass is 398 g/mol. The number of hydrogen-bond acceptors (Lipinski definition) is 6. The highest BCUT2D eigenvalue weighted by Crippen LogP contribution is 2.31. The van der Waals surface area contributed by atoms with Crippen LogP contribution in [-0.4, -0.2) is 15.1 Å². The lowest BCUT2D eigenvalue weighted by atomic mass is 10.1. The van der Waals surface area contributed by atoms with Crippen LogP contribution in [0.3, 0.4) is 0 Å². The van der Waals surface area contributed by atoms with E-state index in [2.05, 4.69) is 52.0 Å². The predicted octanol–water partition coefficient (Wildman–Crippen LogP) is 5.93. The van der Waals surface area contributed by atoms with E-state index in [-0.39, 0.29) is 0 Å². The molecule has 0 bridgehead atoms. The van der Waals surface area contributed by atoms with E-state index in [1.165, 1.54) is 4.88 Å². The number of benzene rings is 2. The first-order valence-corrected chi connectivity index (χ1v) is 10.2. The molecule has 5 aromatic rings. The number of pyridine rings is 1. The van der Waals surface area contributed by atoms with Gasteiger partial charge in [-0.1, -0.05) is 47.6 Å². The molecule has 0 saturated carbocycles. The fraction of sp³-hybridized carbons (Fsp3) is 0.0870. The van der Waals surface area contributed by atoms with E-state index in [4.69, 9.17) is 9.51 Å². The molecule has 6 heteroatoms. The summed E-state index contributed by atoms with van der Waals surface area (Å²) in [7, 11) is 0. The van der Waals surface area contributed by atoms with Crippen molar-refractivity contribution in [1.82, 2.24) is 15.1 Å². The molecule has 142 valence electrons. The Hall–Kier alpha value is -3.51. The van der Waals surface area contributed by atoms with Crippen molar-refractivity contribution >= 4 is 28.1 Å². The van der Waals surface area contributed by atoms with Gasteiger partial charge in [-0.25, -0.2) is 4.98 Å². The summed E-state index contributed by atoms with van der Waals surface area (Å²) in [6.45, 7) is 2.76. The smallest absolute Gasteiger partial charge is 0.258 e. The standard InChI is InChI=1S/C23H18N4OS/c1-15-7-5-10-17-13-19(21(25-20(15)17)24-14-18-11-6-12-29-18)22-26-23(28-27-22)16-8-3-2-4-9-16/h2-13H,14H2,1H3,(H,24,25). The summed E-state index contributed by atoms with van der Waals surface area (Å²) in [5.41, 5.74) is 3.82. The lowest BCUT2D eigenvalue weighted by molar-refractivity contribution is 0.432. The third-order valence-corrected chi connectivity index (χ3v) is 5.62. The van der Waals surface area contributed by atoms with E-state index in [0.29, 0.717) is 18.3 Å². The third kappa shape index (κ3) is 3.50. The Bertz CT molecular complexity index is 1260. The maximum Gasteiger partial charge on any atom is 0.258 e. The van der Waals surface area contributed by atoms with Gasteiger partial charge in [0, 0.05) is 15.8 Å². The molecule has 29 heavy (non-hydrogen) atoms. The van der Waals surface area contributed by atoms with Crippen LogP contribution in [0.25, 0.3) is 33.7 Å². The third-order valence-electron chi connectivity index (χ3n) is 4.75. The summed E-state index contributed by atoms with van der Waals surface area (Å²) in [6, 6.07) is 22.2. The number of hydrogen-bond donors (Lipinski definition) is 1. The second-order valence-electron chi connectivity index (χ2n) is 6.75. The molecular weight excluding hydrogens is 380 g/mol. The zero-order valence-electron chi connectivity index (χ0n) is 15.8. The number of thiophene rings is 1. The highest BCUT2D eigenvalue weighted by atomic mass is 32.1. The van der Waals surface area contributed by atoms with Crippen LogP contribution in [0.2, 0.25) is 0 Å². The van der Waals surface area contributed by atoms with Gasteiger partial charge in [-0.15, -0.1) is 11.3 Å². The maximum absolute atomic E-state index is 5.53. The van der Waals surface area contributed by atoms with Crippen molar-refractivity contribution in [3.8, 4) is 22.8 Å². The Labute approximate surface area is 172 Å². The van der Waals surface area contributed by atoms with Gasteiger partial charge in [-0.2, -0.15) is 4.98 Å². The summed E-state index contributed by atoms with van der Waals surface area (Å²) >= 11 is 1.71. The Morgan fingerprint density at radius 1 is 0.966 bits per heavy atom. The van der Waals surface area contributed by atoms with Crippen LogP contribution in [0.15, 0.2) is 76.6 Å². The lowest BCUT2D eigenvalue weighted by Crippen LogP contribution is -2.03. The average Bonchev–Trinajstić information content (AvgIpc) is 3.45. The van der Waals surface area contributed by atoms with Gasteiger partial charge in [0.1, 0.15) is 5.82 Å². The van der Waals surface area contributed by atoms with E-state index in [0.717, 1.165) is 33.4 Å². The number of para-hydroxylation sites is 1. The molecule has 1 N–H and O–H groups in total. The van der Waals surface area contributed by atoms with Crippen LogP contribution in [0.1, 0.15) is 10.4 Å². The van der Waals surface area contributed by atoms with Gasteiger partial charge in [-0.3, -0.25) is 0 Å². The molecule has 0 unspecified atom stereocenters. The Kier molecular flexibility index (Phi) is 4.54. The zero-order chi connectivity index (χ0) is 19.6. The molecule has 0 aliphatic carbocycles. The van der Waals surface area contributed by atoms with E-state index in [1.54, 1.807) is 11.3 Å². The van der Waals surface area contributed by atoms with Gasteiger partial charge in [0.05, 0.1) is 17.6 Å². The number of aromatic nitrogens is 3. The minimum absolute atomic E-state index is 0.495. The minimum atomic E-state index is 0.495. The Balaban J connectivity index is 1.59. The van der Waals surface area contributed by atoms with Crippen molar-refractivity contribution in [1.29, 1.82) is 0 Å². The van der Waals surface area contributed by atoms with E-state index >= 15 is 0 Å². The summed E-state index contributed by atoms with van der Waals surface area (Å²) in [5.74, 6) is 1.77. The first kappa shape index (κ1) is 17.6. The zero-order valence-corrected chi connectivity index (χ0v) is 16.6. The van der Waals surface area contributed by atoms with Crippen molar-refractivity contribution in [2.24, 2.45) is 0 Å². The molecular formula is C23H18N4OS. The van der Waals surface area contributed by atoms with Crippen molar-refractivity contribution < 1.29 is 4.52 Å². The topological polar surface area (TPSA) is 63.8 Å². The summed E-state index contributed by atoms with van der Waals surface area (Å²) in [6.07, 6.45) is 0. The van der Waals surface area contributed by atoms with Gasteiger partial charge < -0.3 is 9.84 Å². The van der Waals surface area contributed by atoms with Crippen molar-refractivity contribution in [3.63, 3.8) is 0 Å². The highest BCUT2D eigenvalue weighted by molar-refractivity contribution is 7.09. The van der Waals surface area contributed by atoms with Crippen molar-refractivity contribution in [2.45, 2.75) is 13.5 Å². The summed E-state index contributed by atoms with van der Waals surface area (Å²) in [5, 5.41) is 10.8. The normalized spacial score (nSPS) is 11.1. The lowest BCUT2D eigenvalue weighted by Gasteiger charge is -2.11. The molecule has 0 radical (unpaired) electrons. The first-order valence-electron chi connectivity index (χ1n) is 9.34. The maximum atomic E-state index is 5.53. The molecule has 5 nitrogen and oxygen atoms in total. The molecule has 0 aliphatic heterocycles. The molecule has 3 heterocycles. The number of nitrogens with zero attached hydrogens (tertiary/aromatic N) is 3. The van der Waals surface area contributed by atoms with Gasteiger partial charge in [-0.05, 0) is 42.1 Å². The molecule has 0 atom stereocenters. The summed E-state index contributed by atoms with van der Waals surface area (Å²) < 4.78 is 5.53. The first-order chi connectivity index (χ1) is 14.3. The van der Waals surface area contributed by atoms with Crippen LogP contribution >= 0.6 is 11.3 Å². The number of aryl methyl sites for hydroxylation is 1. The van der Waals surface area contributed by atoms with Crippen LogP contribution in [0, 0.1) is 6.92 Å². The molecule has 0 amide bonds. The van der Waals surface area contributed by atoms with E-state index < -0.39 is 0 Å². The van der Waals surface area contributed by atoms with Gasteiger partial charge >= 0.3 is 0 Å². The fourth-order valence-electron chi connectivity index (χ4n) is 3.27. The molecule has 0 aliphatic rings. The molecule has 0 fully saturated rings. The average molecular weight is 398 g/mol. The second kappa shape index (κ2) is 7.48. The highest BCUT2D eigenvalue weighted by Gasteiger charge is 2.17. The fourth-order valence-corrected chi connectivity index (χ4v) is 3.91. The quantitative estimate of drug-likeness (QED) is 0.397. The van der Waals surface area contributed by atoms with Crippen LogP contribution in [0.5, 0.6) is 0 Å². The van der Waals surface area contributed by atoms with E-state index in [1.807, 2.05) is 42.5 Å². The number of fused-ring (bicyclic) bond motifs is 1. The number of rotatable bonds is 5.